The highest BCUT2D eigenvalue weighted by atomic mass is 32.2. The fraction of sp³-hybridized carbons (Fsp3) is 0.375. The fourth-order valence-corrected chi connectivity index (χ4v) is 4.24. The molecule has 2 aliphatic heterocycles. The zero-order valence-electron chi connectivity index (χ0n) is 13.8. The van der Waals surface area contributed by atoms with Crippen LogP contribution < -0.4 is 9.71 Å². The number of ether oxygens (including phenoxy) is 1. The van der Waals surface area contributed by atoms with Crippen LogP contribution in [0.1, 0.15) is 17.7 Å². The lowest BCUT2D eigenvalue weighted by Crippen LogP contribution is -2.47. The summed E-state index contributed by atoms with van der Waals surface area (Å²) in [5, 5.41) is 5.13. The minimum atomic E-state index is -3.68. The summed E-state index contributed by atoms with van der Waals surface area (Å²) in [7, 11) is -1.70. The first-order chi connectivity index (χ1) is 11.8. The second-order valence-corrected chi connectivity index (χ2v) is 8.31. The molecule has 8 nitrogen and oxygen atoms in total. The van der Waals surface area contributed by atoms with E-state index in [4.69, 9.17) is 9.88 Å². The summed E-state index contributed by atoms with van der Waals surface area (Å²) in [4.78, 5) is 12.0. The number of quaternary nitrogens is 1. The number of aryl methyl sites for hydroxylation is 1. The van der Waals surface area contributed by atoms with E-state index in [9.17, 15) is 13.2 Å². The summed E-state index contributed by atoms with van der Waals surface area (Å²) in [6, 6.07) is 6.56. The molecule has 0 saturated carbocycles. The maximum Gasteiger partial charge on any atom is 0.391 e. The second-order valence-electron chi connectivity index (χ2n) is 6.75. The van der Waals surface area contributed by atoms with Gasteiger partial charge >= 0.3 is 18.1 Å². The quantitative estimate of drug-likeness (QED) is 0.451. The van der Waals surface area contributed by atoms with Crippen molar-refractivity contribution in [1.82, 2.24) is 4.57 Å². The lowest BCUT2D eigenvalue weighted by Gasteiger charge is -2.27. The number of rotatable bonds is 4. The number of sulfonamides is 1. The topological polar surface area (TPSA) is 95.3 Å². The Morgan fingerprint density at radius 3 is 2.72 bits per heavy atom. The molecule has 2 N–H and O–H groups in total. The van der Waals surface area contributed by atoms with Gasteiger partial charge in [0.05, 0.1) is 18.5 Å². The summed E-state index contributed by atoms with van der Waals surface area (Å²) in [5.41, 5.74) is 0.999. The molecular formula is C16H20N4O4S+2. The number of hydrogen-bond donors (Lipinski definition) is 1. The Hall–Kier alpha value is -2.23. The van der Waals surface area contributed by atoms with Gasteiger partial charge in [0.2, 0.25) is 10.0 Å². The lowest BCUT2D eigenvalue weighted by atomic mass is 10.1. The molecule has 132 valence electrons. The van der Waals surface area contributed by atoms with E-state index in [1.165, 1.54) is 12.1 Å². The van der Waals surface area contributed by atoms with E-state index in [0.29, 0.717) is 17.4 Å². The highest BCUT2D eigenvalue weighted by Crippen LogP contribution is 2.39. The van der Waals surface area contributed by atoms with Gasteiger partial charge < -0.3 is 4.74 Å². The van der Waals surface area contributed by atoms with Crippen molar-refractivity contribution in [1.29, 1.82) is 0 Å². The SMILES string of the molecule is C[n+]1ccn2c1C[N+]1(CCc3ccc(S(N)(=O)=O)cc3)CC(=O)OC21. The van der Waals surface area contributed by atoms with Crippen LogP contribution >= 0.6 is 0 Å². The van der Waals surface area contributed by atoms with E-state index in [2.05, 4.69) is 0 Å². The number of esters is 1. The van der Waals surface area contributed by atoms with E-state index in [0.717, 1.165) is 24.5 Å². The lowest BCUT2D eigenvalue weighted by molar-refractivity contribution is -0.971. The number of carbonyl (C=O) groups excluding carboxylic acids is 1. The molecular weight excluding hydrogens is 344 g/mol. The van der Waals surface area contributed by atoms with Crippen molar-refractivity contribution in [3.8, 4) is 0 Å². The highest BCUT2D eigenvalue weighted by Gasteiger charge is 2.59. The van der Waals surface area contributed by atoms with Gasteiger partial charge in [0.25, 0.3) is 0 Å². The average molecular weight is 364 g/mol. The Balaban J connectivity index is 1.55. The molecule has 0 bridgehead atoms. The van der Waals surface area contributed by atoms with E-state index in [-0.39, 0.29) is 17.2 Å². The maximum absolute atomic E-state index is 11.9. The molecule has 0 aliphatic carbocycles. The number of imidazole rings is 1. The summed E-state index contributed by atoms with van der Waals surface area (Å²) < 4.78 is 32.9. The summed E-state index contributed by atoms with van der Waals surface area (Å²) in [6.45, 7) is 1.81. The monoisotopic (exact) mass is 364 g/mol. The Kier molecular flexibility index (Phi) is 3.50. The van der Waals surface area contributed by atoms with Crippen LogP contribution in [0.15, 0.2) is 41.6 Å². The Labute approximate surface area is 145 Å². The van der Waals surface area contributed by atoms with Crippen LogP contribution in [0.4, 0.5) is 0 Å². The zero-order valence-corrected chi connectivity index (χ0v) is 14.6. The van der Waals surface area contributed by atoms with E-state index in [1.54, 1.807) is 12.1 Å². The molecule has 9 heteroatoms. The number of carbonyl (C=O) groups is 1. The number of benzene rings is 1. The third-order valence-corrected chi connectivity index (χ3v) is 6.03. The van der Waals surface area contributed by atoms with Crippen molar-refractivity contribution in [2.45, 2.75) is 24.2 Å². The molecule has 25 heavy (non-hydrogen) atoms. The summed E-state index contributed by atoms with van der Waals surface area (Å²) >= 11 is 0. The Morgan fingerprint density at radius 2 is 2.04 bits per heavy atom. The predicted octanol–water partition coefficient (Wildman–Crippen LogP) is -0.454. The number of hydrogen-bond acceptors (Lipinski definition) is 4. The molecule has 0 radical (unpaired) electrons. The van der Waals surface area contributed by atoms with Gasteiger partial charge in [-0.25, -0.2) is 27.4 Å². The summed E-state index contributed by atoms with van der Waals surface area (Å²) in [6.07, 6.45) is 4.31. The van der Waals surface area contributed by atoms with Gasteiger partial charge in [0.1, 0.15) is 12.4 Å². The van der Waals surface area contributed by atoms with Gasteiger partial charge in [0.15, 0.2) is 13.1 Å². The van der Waals surface area contributed by atoms with E-state index >= 15 is 0 Å². The molecule has 2 aliphatic rings. The first kappa shape index (κ1) is 16.2. The number of nitrogens with two attached hydrogens (primary N) is 1. The molecule has 1 aromatic heterocycles. The molecule has 3 heterocycles. The number of fused-ring (bicyclic) bond motifs is 3. The minimum Gasteiger partial charge on any atom is -0.369 e. The highest BCUT2D eigenvalue weighted by molar-refractivity contribution is 7.89. The van der Waals surface area contributed by atoms with Crippen LogP contribution in [0, 0.1) is 0 Å². The largest absolute Gasteiger partial charge is 0.391 e. The molecule has 1 fully saturated rings. The van der Waals surface area contributed by atoms with Crippen molar-refractivity contribution >= 4 is 16.0 Å². The van der Waals surface area contributed by atoms with E-state index < -0.39 is 10.0 Å². The molecule has 0 spiro atoms. The third kappa shape index (κ3) is 2.64. The smallest absolute Gasteiger partial charge is 0.369 e. The van der Waals surface area contributed by atoms with Gasteiger partial charge in [-0.15, -0.1) is 4.57 Å². The molecule has 2 unspecified atom stereocenters. The normalized spacial score (nSPS) is 24.9. The van der Waals surface area contributed by atoms with Crippen LogP contribution in [0.5, 0.6) is 0 Å². The van der Waals surface area contributed by atoms with Crippen LogP contribution in [-0.2, 0) is 39.6 Å². The van der Waals surface area contributed by atoms with Crippen molar-refractivity contribution in [3.63, 3.8) is 0 Å². The molecule has 0 amide bonds. The average Bonchev–Trinajstić information content (AvgIpc) is 3.14. The minimum absolute atomic E-state index is 0.102. The maximum atomic E-state index is 11.9. The van der Waals surface area contributed by atoms with Crippen molar-refractivity contribution in [2.24, 2.45) is 12.2 Å². The number of nitrogens with zero attached hydrogens (tertiary/aromatic N) is 3. The van der Waals surface area contributed by atoms with Gasteiger partial charge in [0, 0.05) is 6.42 Å². The van der Waals surface area contributed by atoms with Crippen LogP contribution in [0.2, 0.25) is 0 Å². The van der Waals surface area contributed by atoms with Crippen LogP contribution in [0.25, 0.3) is 0 Å². The first-order valence-electron chi connectivity index (χ1n) is 8.01. The zero-order chi connectivity index (χ0) is 17.8. The van der Waals surface area contributed by atoms with Gasteiger partial charge in [-0.2, -0.15) is 0 Å². The van der Waals surface area contributed by atoms with Crippen LogP contribution in [0.3, 0.4) is 0 Å². The van der Waals surface area contributed by atoms with Crippen molar-refractivity contribution in [3.05, 3.63) is 48.0 Å². The molecule has 1 aromatic carbocycles. The molecule has 4 rings (SSSR count). The second kappa shape index (κ2) is 5.38. The first-order valence-corrected chi connectivity index (χ1v) is 9.55. The van der Waals surface area contributed by atoms with E-state index in [1.807, 2.05) is 28.6 Å². The third-order valence-electron chi connectivity index (χ3n) is 5.10. The van der Waals surface area contributed by atoms with Gasteiger partial charge in [-0.1, -0.05) is 12.1 Å². The van der Waals surface area contributed by atoms with Gasteiger partial charge in [-0.05, 0) is 17.7 Å². The molecule has 1 saturated heterocycles. The predicted molar refractivity (Wildman–Crippen MR) is 86.0 cm³/mol. The van der Waals surface area contributed by atoms with Gasteiger partial charge in [-0.3, -0.25) is 0 Å². The molecule has 2 atom stereocenters. The summed E-state index contributed by atoms with van der Waals surface area (Å²) in [5.74, 6) is 0.943. The van der Waals surface area contributed by atoms with Crippen molar-refractivity contribution in [2.75, 3.05) is 13.1 Å². The van der Waals surface area contributed by atoms with Crippen LogP contribution in [-0.4, -0.2) is 36.5 Å². The number of aromatic nitrogens is 2. The Bertz CT molecular complexity index is 951. The standard InChI is InChI=1S/C16H20N4O4S/c1-18-7-8-19-14(18)10-20(11-15(21)24-16(19)20)9-6-12-2-4-13(5-3-12)25(17,22)23/h2-5,7-8,16H,6,9-11H2,1H3,(H2,17,22,23)/q+2. The number of primary sulfonamides is 1. The van der Waals surface area contributed by atoms with Crippen molar-refractivity contribution < 1.29 is 27.0 Å². The molecule has 2 aromatic rings. The Morgan fingerprint density at radius 1 is 1.32 bits per heavy atom. The fourth-order valence-electron chi connectivity index (χ4n) is 3.72.